The Morgan fingerprint density at radius 3 is 2.11 bits per heavy atom. The number of hydrogen-bond donors (Lipinski definition) is 2. The number of carbonyl (C=O) groups excluding carboxylic acids is 1. The second kappa shape index (κ2) is 5.49. The molecule has 0 saturated carbocycles. The lowest BCUT2D eigenvalue weighted by molar-refractivity contribution is -0.132. The van der Waals surface area contributed by atoms with E-state index in [1.165, 1.54) is 6.92 Å². The van der Waals surface area contributed by atoms with Crippen molar-refractivity contribution in [3.8, 4) is 0 Å². The van der Waals surface area contributed by atoms with E-state index in [1.54, 1.807) is 0 Å². The van der Waals surface area contributed by atoms with Gasteiger partial charge in [-0.1, -0.05) is 17.7 Å². The molecule has 0 saturated heterocycles. The topological polar surface area (TPSA) is 66.4 Å². The number of nitrogens with one attached hydrogen (secondary N) is 1. The number of aryl methyl sites for hydroxylation is 3. The van der Waals surface area contributed by atoms with Crippen LogP contribution >= 0.6 is 0 Å². The monoisotopic (exact) mass is 247 g/mol. The van der Waals surface area contributed by atoms with Crippen LogP contribution in [0.5, 0.6) is 0 Å². The summed E-state index contributed by atoms with van der Waals surface area (Å²) < 4.78 is 0. The van der Waals surface area contributed by atoms with Gasteiger partial charge in [-0.05, 0) is 38.8 Å². The fourth-order valence-corrected chi connectivity index (χ4v) is 1.79. The van der Waals surface area contributed by atoms with E-state index in [0.29, 0.717) is 0 Å². The third-order valence-electron chi connectivity index (χ3n) is 2.61. The third-order valence-corrected chi connectivity index (χ3v) is 2.61. The fourth-order valence-electron chi connectivity index (χ4n) is 1.79. The molecule has 0 radical (unpaired) electrons. The maximum atomic E-state index is 11.7. The highest BCUT2D eigenvalue weighted by molar-refractivity contribution is 6.04. The van der Waals surface area contributed by atoms with Gasteiger partial charge in [0.1, 0.15) is 0 Å². The zero-order chi connectivity index (χ0) is 13.9. The predicted octanol–water partition coefficient (Wildman–Crippen LogP) is 2.58. The van der Waals surface area contributed by atoms with Crippen LogP contribution in [0.25, 0.3) is 0 Å². The minimum Gasteiger partial charge on any atom is -0.478 e. The summed E-state index contributed by atoms with van der Waals surface area (Å²) in [4.78, 5) is 22.3. The van der Waals surface area contributed by atoms with E-state index in [4.69, 9.17) is 5.11 Å². The van der Waals surface area contributed by atoms with Gasteiger partial charge in [0.05, 0.1) is 0 Å². The molecule has 1 rings (SSSR count). The van der Waals surface area contributed by atoms with E-state index in [-0.39, 0.29) is 5.57 Å². The largest absolute Gasteiger partial charge is 0.478 e. The molecule has 4 nitrogen and oxygen atoms in total. The van der Waals surface area contributed by atoms with Gasteiger partial charge in [0, 0.05) is 17.3 Å². The van der Waals surface area contributed by atoms with Crippen molar-refractivity contribution in [1.82, 2.24) is 0 Å². The molecule has 0 aromatic heterocycles. The fraction of sp³-hybridized carbons (Fsp3) is 0.286. The molecule has 4 heteroatoms. The van der Waals surface area contributed by atoms with Crippen molar-refractivity contribution >= 4 is 17.6 Å². The Morgan fingerprint density at radius 2 is 1.67 bits per heavy atom. The van der Waals surface area contributed by atoms with Gasteiger partial charge in [0.15, 0.2) is 0 Å². The number of aliphatic carboxylic acids is 1. The molecule has 2 N–H and O–H groups in total. The number of carboxylic acid groups (broad SMARTS) is 1. The van der Waals surface area contributed by atoms with Gasteiger partial charge >= 0.3 is 5.97 Å². The molecule has 1 amide bonds. The average Bonchev–Trinajstić information content (AvgIpc) is 2.23. The van der Waals surface area contributed by atoms with Gasteiger partial charge in [-0.15, -0.1) is 0 Å². The predicted molar refractivity (Wildman–Crippen MR) is 70.7 cm³/mol. The quantitative estimate of drug-likeness (QED) is 0.807. The molecule has 0 unspecified atom stereocenters. The Bertz CT molecular complexity index is 507. The highest BCUT2D eigenvalue weighted by atomic mass is 16.4. The van der Waals surface area contributed by atoms with Gasteiger partial charge in [0.2, 0.25) is 5.91 Å². The molecule has 0 heterocycles. The van der Waals surface area contributed by atoms with Gasteiger partial charge in [-0.25, -0.2) is 4.79 Å². The summed E-state index contributed by atoms with van der Waals surface area (Å²) in [6, 6.07) is 3.94. The number of benzene rings is 1. The van der Waals surface area contributed by atoms with Crippen molar-refractivity contribution in [2.45, 2.75) is 27.7 Å². The van der Waals surface area contributed by atoms with E-state index in [1.807, 2.05) is 32.9 Å². The highest BCUT2D eigenvalue weighted by Crippen LogP contribution is 2.21. The Kier molecular flexibility index (Phi) is 4.26. The summed E-state index contributed by atoms with van der Waals surface area (Å²) in [6.45, 7) is 7.18. The normalized spacial score (nSPS) is 11.2. The number of carbonyl (C=O) groups is 2. The van der Waals surface area contributed by atoms with Crippen LogP contribution in [-0.4, -0.2) is 17.0 Å². The standard InChI is InChI=1S/C14H17NO3/c1-8-5-9(2)13(10(3)6-8)15-12(16)7-11(4)14(17)18/h5-7H,1-4H3,(H,15,16)(H,17,18)/b11-7+. The van der Waals surface area contributed by atoms with Crippen molar-refractivity contribution < 1.29 is 14.7 Å². The lowest BCUT2D eigenvalue weighted by Crippen LogP contribution is -2.12. The minimum atomic E-state index is -1.09. The van der Waals surface area contributed by atoms with Crippen LogP contribution in [0.15, 0.2) is 23.8 Å². The molecule has 1 aromatic carbocycles. The number of carboxylic acids is 1. The molecule has 0 fully saturated rings. The van der Waals surface area contributed by atoms with Crippen molar-refractivity contribution in [3.63, 3.8) is 0 Å². The third kappa shape index (κ3) is 3.45. The van der Waals surface area contributed by atoms with E-state index in [2.05, 4.69) is 5.32 Å². The molecule has 0 aliphatic heterocycles. The summed E-state index contributed by atoms with van der Waals surface area (Å²) in [5.41, 5.74) is 3.79. The highest BCUT2D eigenvalue weighted by Gasteiger charge is 2.08. The smallest absolute Gasteiger partial charge is 0.331 e. The van der Waals surface area contributed by atoms with Crippen LogP contribution in [0, 0.1) is 20.8 Å². The number of hydrogen-bond acceptors (Lipinski definition) is 2. The summed E-state index contributed by atoms with van der Waals surface area (Å²) in [5, 5.41) is 11.4. The molecule has 96 valence electrons. The van der Waals surface area contributed by atoms with Crippen molar-refractivity contribution in [3.05, 3.63) is 40.5 Å². The molecule has 0 atom stereocenters. The summed E-state index contributed by atoms with van der Waals surface area (Å²) in [6.07, 6.45) is 1.08. The Balaban J connectivity index is 2.96. The molecule has 0 aliphatic carbocycles. The SMILES string of the molecule is C/C(=C\C(=O)Nc1c(C)cc(C)cc1C)C(=O)O. The Labute approximate surface area is 106 Å². The maximum Gasteiger partial charge on any atom is 0.331 e. The van der Waals surface area contributed by atoms with Gasteiger partial charge in [-0.3, -0.25) is 4.79 Å². The van der Waals surface area contributed by atoms with Crippen LogP contribution in [-0.2, 0) is 9.59 Å². The van der Waals surface area contributed by atoms with Gasteiger partial charge < -0.3 is 10.4 Å². The van der Waals surface area contributed by atoms with Gasteiger partial charge in [-0.2, -0.15) is 0 Å². The second-order valence-corrected chi connectivity index (χ2v) is 4.40. The zero-order valence-corrected chi connectivity index (χ0v) is 11.0. The maximum absolute atomic E-state index is 11.7. The molecular formula is C14H17NO3. The molecule has 1 aromatic rings. The molecule has 0 spiro atoms. The Morgan fingerprint density at radius 1 is 1.17 bits per heavy atom. The van der Waals surface area contributed by atoms with Crippen LogP contribution in [0.4, 0.5) is 5.69 Å². The van der Waals surface area contributed by atoms with E-state index in [0.717, 1.165) is 28.5 Å². The van der Waals surface area contributed by atoms with Crippen molar-refractivity contribution in [1.29, 1.82) is 0 Å². The average molecular weight is 247 g/mol. The number of anilines is 1. The first-order valence-corrected chi connectivity index (χ1v) is 5.61. The van der Waals surface area contributed by atoms with Crippen LogP contribution < -0.4 is 5.32 Å². The second-order valence-electron chi connectivity index (χ2n) is 4.40. The molecule has 18 heavy (non-hydrogen) atoms. The van der Waals surface area contributed by atoms with Crippen LogP contribution in [0.1, 0.15) is 23.6 Å². The first-order valence-electron chi connectivity index (χ1n) is 5.61. The van der Waals surface area contributed by atoms with Gasteiger partial charge in [0.25, 0.3) is 0 Å². The molecular weight excluding hydrogens is 230 g/mol. The lowest BCUT2D eigenvalue weighted by atomic mass is 10.1. The molecule has 0 bridgehead atoms. The first kappa shape index (κ1) is 14.0. The first-order chi connectivity index (χ1) is 8.31. The summed E-state index contributed by atoms with van der Waals surface area (Å²) in [7, 11) is 0. The summed E-state index contributed by atoms with van der Waals surface area (Å²) in [5.74, 6) is -1.52. The number of rotatable bonds is 3. The van der Waals surface area contributed by atoms with E-state index >= 15 is 0 Å². The van der Waals surface area contributed by atoms with Crippen molar-refractivity contribution in [2.75, 3.05) is 5.32 Å². The number of amides is 1. The summed E-state index contributed by atoms with van der Waals surface area (Å²) >= 11 is 0. The van der Waals surface area contributed by atoms with E-state index in [9.17, 15) is 9.59 Å². The Hall–Kier alpha value is -2.10. The van der Waals surface area contributed by atoms with Crippen LogP contribution in [0.2, 0.25) is 0 Å². The van der Waals surface area contributed by atoms with E-state index < -0.39 is 11.9 Å². The van der Waals surface area contributed by atoms with Crippen molar-refractivity contribution in [2.24, 2.45) is 0 Å². The minimum absolute atomic E-state index is 0.00918. The zero-order valence-electron chi connectivity index (χ0n) is 11.0. The molecule has 0 aliphatic rings. The lowest BCUT2D eigenvalue weighted by Gasteiger charge is -2.11. The van der Waals surface area contributed by atoms with Crippen LogP contribution in [0.3, 0.4) is 0 Å².